The second-order valence-corrected chi connectivity index (χ2v) is 8.54. The van der Waals surface area contributed by atoms with Gasteiger partial charge in [0, 0.05) is 60.8 Å². The van der Waals surface area contributed by atoms with E-state index in [9.17, 15) is 4.79 Å². The summed E-state index contributed by atoms with van der Waals surface area (Å²) in [6.07, 6.45) is 5.28. The molecule has 0 aliphatic carbocycles. The Labute approximate surface area is 199 Å². The summed E-state index contributed by atoms with van der Waals surface area (Å²) < 4.78 is 10.7. The molecule has 178 valence electrons. The van der Waals surface area contributed by atoms with Crippen molar-refractivity contribution in [3.05, 3.63) is 48.2 Å². The molecule has 1 aliphatic rings. The van der Waals surface area contributed by atoms with E-state index < -0.39 is 0 Å². The van der Waals surface area contributed by atoms with Crippen LogP contribution in [0.1, 0.15) is 44.1 Å². The zero-order valence-corrected chi connectivity index (χ0v) is 20.2. The molecular weight excluding hydrogens is 432 g/mol. The third kappa shape index (κ3) is 5.08. The van der Waals surface area contributed by atoms with Crippen LogP contribution in [0.3, 0.4) is 0 Å². The minimum Gasteiger partial charge on any atom is -0.491 e. The van der Waals surface area contributed by atoms with Gasteiger partial charge < -0.3 is 19.7 Å². The van der Waals surface area contributed by atoms with Gasteiger partial charge in [-0.05, 0) is 44.9 Å². The van der Waals surface area contributed by atoms with E-state index in [1.807, 2.05) is 36.1 Å². The van der Waals surface area contributed by atoms with Crippen LogP contribution >= 0.6 is 0 Å². The fourth-order valence-corrected chi connectivity index (χ4v) is 4.26. The second-order valence-electron chi connectivity index (χ2n) is 8.54. The Balaban J connectivity index is 1.76. The van der Waals surface area contributed by atoms with Gasteiger partial charge in [0.25, 0.3) is 5.88 Å². The fraction of sp³-hybridized carbons (Fsp3) is 0.400. The number of aromatic nitrogens is 4. The fourth-order valence-electron chi connectivity index (χ4n) is 4.26. The van der Waals surface area contributed by atoms with Crippen molar-refractivity contribution < 1.29 is 14.3 Å². The molecule has 1 saturated heterocycles. The van der Waals surface area contributed by atoms with E-state index in [4.69, 9.17) is 19.4 Å². The SMILES string of the molecule is COc1cc(-c2cc(Nc3ccnc(C)c3)nc([C@@H]3CC[C@H](C)N(C(C)=O)C3)n2)cnc1OC. The van der Waals surface area contributed by atoms with Gasteiger partial charge >= 0.3 is 0 Å². The van der Waals surface area contributed by atoms with Crippen molar-refractivity contribution in [2.24, 2.45) is 0 Å². The number of carbonyl (C=O) groups excluding carboxylic acids is 1. The van der Waals surface area contributed by atoms with Gasteiger partial charge in [0.15, 0.2) is 5.75 Å². The molecule has 4 heterocycles. The molecule has 1 fully saturated rings. The summed E-state index contributed by atoms with van der Waals surface area (Å²) in [6, 6.07) is 7.80. The van der Waals surface area contributed by atoms with Gasteiger partial charge in [0.2, 0.25) is 5.91 Å². The Bertz CT molecular complexity index is 1190. The highest BCUT2D eigenvalue weighted by Crippen LogP contribution is 2.33. The second kappa shape index (κ2) is 10.0. The van der Waals surface area contributed by atoms with Gasteiger partial charge in [-0.3, -0.25) is 9.78 Å². The van der Waals surface area contributed by atoms with Gasteiger partial charge in [0.1, 0.15) is 11.6 Å². The number of piperidine rings is 1. The van der Waals surface area contributed by atoms with Crippen LogP contribution in [-0.4, -0.2) is 57.5 Å². The van der Waals surface area contributed by atoms with Crippen molar-refractivity contribution in [3.63, 3.8) is 0 Å². The first-order chi connectivity index (χ1) is 16.4. The molecule has 0 bridgehead atoms. The van der Waals surface area contributed by atoms with Crippen LogP contribution in [0.2, 0.25) is 0 Å². The van der Waals surface area contributed by atoms with E-state index in [1.54, 1.807) is 33.5 Å². The Hall–Kier alpha value is -3.75. The molecule has 1 amide bonds. The van der Waals surface area contributed by atoms with E-state index in [2.05, 4.69) is 22.2 Å². The summed E-state index contributed by atoms with van der Waals surface area (Å²) in [5, 5.41) is 3.38. The number of pyridine rings is 2. The third-order valence-electron chi connectivity index (χ3n) is 6.09. The Morgan fingerprint density at radius 2 is 1.94 bits per heavy atom. The first-order valence-electron chi connectivity index (χ1n) is 11.3. The quantitative estimate of drug-likeness (QED) is 0.584. The number of amides is 1. The highest BCUT2D eigenvalue weighted by atomic mass is 16.5. The molecule has 0 spiro atoms. The molecule has 2 atom stereocenters. The summed E-state index contributed by atoms with van der Waals surface area (Å²) in [6.45, 7) is 6.24. The van der Waals surface area contributed by atoms with Gasteiger partial charge in [-0.2, -0.15) is 0 Å². The number of carbonyl (C=O) groups is 1. The van der Waals surface area contributed by atoms with Crippen LogP contribution in [0.15, 0.2) is 36.7 Å². The van der Waals surface area contributed by atoms with Crippen molar-refractivity contribution in [2.45, 2.75) is 45.6 Å². The molecule has 0 unspecified atom stereocenters. The van der Waals surface area contributed by atoms with E-state index >= 15 is 0 Å². The number of anilines is 2. The van der Waals surface area contributed by atoms with Gasteiger partial charge in [-0.25, -0.2) is 15.0 Å². The molecule has 3 aromatic heterocycles. The number of aryl methyl sites for hydroxylation is 1. The van der Waals surface area contributed by atoms with E-state index in [0.29, 0.717) is 35.5 Å². The largest absolute Gasteiger partial charge is 0.491 e. The number of ether oxygens (including phenoxy) is 2. The van der Waals surface area contributed by atoms with Crippen molar-refractivity contribution in [3.8, 4) is 22.9 Å². The number of hydrogen-bond donors (Lipinski definition) is 1. The standard InChI is InChI=1S/C25H30N6O3/c1-15-10-20(8-9-26-15)28-23-12-21(19-11-22(33-4)25(34-5)27-13-19)29-24(30-23)18-7-6-16(2)31(14-18)17(3)32/h8-13,16,18H,6-7,14H2,1-5H3,(H,26,28,29,30)/t16-,18+/m0/s1. The van der Waals surface area contributed by atoms with Crippen molar-refractivity contribution >= 4 is 17.4 Å². The number of nitrogens with one attached hydrogen (secondary N) is 1. The minimum absolute atomic E-state index is 0.0351. The first kappa shape index (κ1) is 23.4. The minimum atomic E-state index is 0.0351. The molecule has 34 heavy (non-hydrogen) atoms. The van der Waals surface area contributed by atoms with E-state index in [0.717, 1.165) is 29.8 Å². The lowest BCUT2D eigenvalue weighted by Gasteiger charge is -2.37. The molecule has 3 aromatic rings. The lowest BCUT2D eigenvalue weighted by molar-refractivity contribution is -0.132. The van der Waals surface area contributed by atoms with Crippen molar-refractivity contribution in [1.82, 2.24) is 24.8 Å². The third-order valence-corrected chi connectivity index (χ3v) is 6.09. The molecule has 4 rings (SSSR count). The zero-order valence-electron chi connectivity index (χ0n) is 20.2. The number of likely N-dealkylation sites (tertiary alicyclic amines) is 1. The van der Waals surface area contributed by atoms with Crippen molar-refractivity contribution in [2.75, 3.05) is 26.1 Å². The molecule has 0 radical (unpaired) electrons. The smallest absolute Gasteiger partial charge is 0.256 e. The highest BCUT2D eigenvalue weighted by molar-refractivity contribution is 5.74. The molecule has 1 N–H and O–H groups in total. The van der Waals surface area contributed by atoms with Crippen molar-refractivity contribution in [1.29, 1.82) is 0 Å². The number of nitrogens with zero attached hydrogens (tertiary/aromatic N) is 5. The van der Waals surface area contributed by atoms with Gasteiger partial charge in [0.05, 0.1) is 19.9 Å². The average molecular weight is 463 g/mol. The summed E-state index contributed by atoms with van der Waals surface area (Å²) in [5.74, 6) is 2.39. The monoisotopic (exact) mass is 462 g/mol. The molecule has 0 saturated carbocycles. The maximum Gasteiger partial charge on any atom is 0.256 e. The van der Waals surface area contributed by atoms with Gasteiger partial charge in [-0.15, -0.1) is 0 Å². The highest BCUT2D eigenvalue weighted by Gasteiger charge is 2.30. The van der Waals surface area contributed by atoms with Crippen LogP contribution < -0.4 is 14.8 Å². The predicted molar refractivity (Wildman–Crippen MR) is 129 cm³/mol. The number of methoxy groups -OCH3 is 2. The molecule has 9 heteroatoms. The maximum atomic E-state index is 12.2. The zero-order chi connectivity index (χ0) is 24.2. The summed E-state index contributed by atoms with van der Waals surface area (Å²) >= 11 is 0. The average Bonchev–Trinajstić information content (AvgIpc) is 2.83. The van der Waals surface area contributed by atoms with Crippen LogP contribution in [0.25, 0.3) is 11.3 Å². The Morgan fingerprint density at radius 3 is 2.65 bits per heavy atom. The normalized spacial score (nSPS) is 17.9. The Kier molecular flexibility index (Phi) is 6.90. The summed E-state index contributed by atoms with van der Waals surface area (Å²) in [5.41, 5.74) is 3.28. The van der Waals surface area contributed by atoms with Gasteiger partial charge in [-0.1, -0.05) is 0 Å². The van der Waals surface area contributed by atoms with E-state index in [-0.39, 0.29) is 17.9 Å². The molecule has 0 aromatic carbocycles. The summed E-state index contributed by atoms with van der Waals surface area (Å²) in [7, 11) is 3.13. The lowest BCUT2D eigenvalue weighted by Crippen LogP contribution is -2.44. The van der Waals surface area contributed by atoms with E-state index in [1.165, 1.54) is 0 Å². The predicted octanol–water partition coefficient (Wildman–Crippen LogP) is 4.12. The molecule has 1 aliphatic heterocycles. The summed E-state index contributed by atoms with van der Waals surface area (Å²) in [4.78, 5) is 32.5. The maximum absolute atomic E-state index is 12.2. The Morgan fingerprint density at radius 1 is 1.12 bits per heavy atom. The first-order valence-corrected chi connectivity index (χ1v) is 11.3. The lowest BCUT2D eigenvalue weighted by atomic mass is 9.92. The number of rotatable bonds is 6. The van der Waals surface area contributed by atoms with Crippen LogP contribution in [0.4, 0.5) is 11.5 Å². The van der Waals surface area contributed by atoms with Crippen LogP contribution in [0.5, 0.6) is 11.6 Å². The topological polar surface area (TPSA) is 102 Å². The van der Waals surface area contributed by atoms with Crippen LogP contribution in [-0.2, 0) is 4.79 Å². The number of hydrogen-bond acceptors (Lipinski definition) is 8. The molecular formula is C25H30N6O3. The molecule has 9 nitrogen and oxygen atoms in total. The van der Waals surface area contributed by atoms with Crippen LogP contribution in [0, 0.1) is 6.92 Å².